The van der Waals surface area contributed by atoms with Crippen LogP contribution >= 0.6 is 0 Å². The minimum atomic E-state index is -0.732. The van der Waals surface area contributed by atoms with Crippen molar-refractivity contribution < 1.29 is 9.53 Å². The van der Waals surface area contributed by atoms with Crippen LogP contribution in [0.1, 0.15) is 51.4 Å². The fraction of sp³-hybridized carbons (Fsp3) is 0.875. The van der Waals surface area contributed by atoms with Gasteiger partial charge in [-0.2, -0.15) is 5.26 Å². The van der Waals surface area contributed by atoms with E-state index >= 15 is 0 Å². The number of amides is 1. The average Bonchev–Trinajstić information content (AvgIpc) is 2.74. The molecule has 112 valence electrons. The Morgan fingerprint density at radius 1 is 1.25 bits per heavy atom. The molecule has 2 aliphatic rings. The predicted octanol–water partition coefficient (Wildman–Crippen LogP) is 2.74. The molecule has 20 heavy (non-hydrogen) atoms. The van der Waals surface area contributed by atoms with Gasteiger partial charge >= 0.3 is 0 Å². The maximum atomic E-state index is 12.8. The summed E-state index contributed by atoms with van der Waals surface area (Å²) >= 11 is 0. The van der Waals surface area contributed by atoms with Gasteiger partial charge in [0.15, 0.2) is 0 Å². The molecule has 0 radical (unpaired) electrons. The van der Waals surface area contributed by atoms with Crippen LogP contribution in [0.3, 0.4) is 0 Å². The monoisotopic (exact) mass is 278 g/mol. The van der Waals surface area contributed by atoms with E-state index in [1.807, 2.05) is 4.90 Å². The number of likely N-dealkylation sites (tertiary alicyclic amines) is 1. The molecule has 2 fully saturated rings. The first-order valence-corrected chi connectivity index (χ1v) is 7.91. The van der Waals surface area contributed by atoms with Crippen LogP contribution < -0.4 is 0 Å². The highest BCUT2D eigenvalue weighted by Crippen LogP contribution is 2.37. The van der Waals surface area contributed by atoms with Gasteiger partial charge in [-0.3, -0.25) is 4.79 Å². The first-order valence-electron chi connectivity index (χ1n) is 7.91. The number of piperidine rings is 1. The minimum Gasteiger partial charge on any atom is -0.384 e. The van der Waals surface area contributed by atoms with Crippen molar-refractivity contribution >= 4 is 5.91 Å². The lowest BCUT2D eigenvalue weighted by Crippen LogP contribution is -2.47. The van der Waals surface area contributed by atoms with Crippen LogP contribution in [0.2, 0.25) is 0 Å². The van der Waals surface area contributed by atoms with Gasteiger partial charge in [0.05, 0.1) is 6.07 Å². The lowest BCUT2D eigenvalue weighted by Gasteiger charge is -2.36. The maximum absolute atomic E-state index is 12.8. The summed E-state index contributed by atoms with van der Waals surface area (Å²) in [6, 6.07) is 2.37. The number of methoxy groups -OCH3 is 1. The summed E-state index contributed by atoms with van der Waals surface area (Å²) in [6.07, 6.45) is 7.85. The van der Waals surface area contributed by atoms with E-state index in [1.165, 1.54) is 0 Å². The van der Waals surface area contributed by atoms with Crippen molar-refractivity contribution in [3.8, 4) is 6.07 Å². The van der Waals surface area contributed by atoms with Crippen LogP contribution in [-0.4, -0.2) is 37.6 Å². The number of rotatable bonds is 3. The summed E-state index contributed by atoms with van der Waals surface area (Å²) in [5.41, 5.74) is -0.732. The molecule has 0 N–H and O–H groups in total. The van der Waals surface area contributed by atoms with Crippen molar-refractivity contribution in [2.45, 2.75) is 51.4 Å². The molecule has 1 saturated carbocycles. The number of nitriles is 1. The molecule has 0 atom stereocenters. The van der Waals surface area contributed by atoms with Gasteiger partial charge in [0.25, 0.3) is 0 Å². The standard InChI is InChI=1S/C16H26N2O2/c1-20-12-14-6-10-18(11-7-14)15(19)16(13-17)8-4-2-3-5-9-16/h14H,2-12H2,1H3. The third kappa shape index (κ3) is 3.32. The lowest BCUT2D eigenvalue weighted by atomic mass is 9.79. The number of ether oxygens (including phenoxy) is 1. The Labute approximate surface area is 122 Å². The SMILES string of the molecule is COCC1CCN(C(=O)C2(C#N)CCCCCC2)CC1. The van der Waals surface area contributed by atoms with Crippen LogP contribution in [0, 0.1) is 22.7 Å². The van der Waals surface area contributed by atoms with Gasteiger partial charge in [-0.15, -0.1) is 0 Å². The summed E-state index contributed by atoms with van der Waals surface area (Å²) in [4.78, 5) is 14.7. The van der Waals surface area contributed by atoms with Gasteiger partial charge < -0.3 is 9.64 Å². The smallest absolute Gasteiger partial charge is 0.243 e. The maximum Gasteiger partial charge on any atom is 0.243 e. The Morgan fingerprint density at radius 3 is 2.35 bits per heavy atom. The molecule has 0 aromatic heterocycles. The van der Waals surface area contributed by atoms with Crippen molar-refractivity contribution in [2.75, 3.05) is 26.8 Å². The summed E-state index contributed by atoms with van der Waals surface area (Å²) in [5, 5.41) is 9.59. The van der Waals surface area contributed by atoms with Crippen LogP contribution in [0.25, 0.3) is 0 Å². The normalized spacial score (nSPS) is 23.9. The van der Waals surface area contributed by atoms with E-state index in [0.29, 0.717) is 5.92 Å². The molecule has 0 unspecified atom stereocenters. The number of carbonyl (C=O) groups is 1. The van der Waals surface area contributed by atoms with Crippen molar-refractivity contribution in [3.63, 3.8) is 0 Å². The molecular formula is C16H26N2O2. The molecule has 0 aromatic rings. The molecule has 4 heteroatoms. The summed E-state index contributed by atoms with van der Waals surface area (Å²) in [6.45, 7) is 2.36. The van der Waals surface area contributed by atoms with E-state index in [9.17, 15) is 10.1 Å². The summed E-state index contributed by atoms with van der Waals surface area (Å²) in [5.74, 6) is 0.661. The Morgan fingerprint density at radius 2 is 1.85 bits per heavy atom. The van der Waals surface area contributed by atoms with Gasteiger partial charge in [0.2, 0.25) is 5.91 Å². The minimum absolute atomic E-state index is 0.0952. The molecule has 0 spiro atoms. The van der Waals surface area contributed by atoms with Crippen molar-refractivity contribution in [3.05, 3.63) is 0 Å². The van der Waals surface area contributed by atoms with Gasteiger partial charge in [0.1, 0.15) is 5.41 Å². The topological polar surface area (TPSA) is 53.3 Å². The van der Waals surface area contributed by atoms with Crippen LogP contribution in [0.4, 0.5) is 0 Å². The van der Waals surface area contributed by atoms with Crippen LogP contribution in [0.5, 0.6) is 0 Å². The van der Waals surface area contributed by atoms with E-state index in [2.05, 4.69) is 6.07 Å². The predicted molar refractivity (Wildman–Crippen MR) is 76.9 cm³/mol. The van der Waals surface area contributed by atoms with E-state index in [0.717, 1.165) is 71.1 Å². The third-order valence-corrected chi connectivity index (χ3v) is 4.88. The van der Waals surface area contributed by atoms with Crippen LogP contribution in [0.15, 0.2) is 0 Å². The largest absolute Gasteiger partial charge is 0.384 e. The first kappa shape index (κ1) is 15.3. The highest BCUT2D eigenvalue weighted by Gasteiger charge is 2.42. The quantitative estimate of drug-likeness (QED) is 0.746. The fourth-order valence-electron chi connectivity index (χ4n) is 3.55. The molecule has 4 nitrogen and oxygen atoms in total. The highest BCUT2D eigenvalue weighted by atomic mass is 16.5. The molecule has 1 amide bonds. The molecule has 2 rings (SSSR count). The molecule has 1 heterocycles. The van der Waals surface area contributed by atoms with E-state index < -0.39 is 5.41 Å². The Bertz CT molecular complexity index is 359. The van der Waals surface area contributed by atoms with Gasteiger partial charge in [0, 0.05) is 26.8 Å². The molecule has 1 saturated heterocycles. The number of hydrogen-bond acceptors (Lipinski definition) is 3. The zero-order chi connectivity index (χ0) is 14.4. The number of carbonyl (C=O) groups excluding carboxylic acids is 1. The molecule has 1 aliphatic heterocycles. The first-order chi connectivity index (χ1) is 9.72. The van der Waals surface area contributed by atoms with Crippen LogP contribution in [-0.2, 0) is 9.53 Å². The second-order valence-electron chi connectivity index (χ2n) is 6.30. The second-order valence-corrected chi connectivity index (χ2v) is 6.30. The molecular weight excluding hydrogens is 252 g/mol. The van der Waals surface area contributed by atoms with Crippen molar-refractivity contribution in [1.29, 1.82) is 5.26 Å². The second kappa shape index (κ2) is 7.08. The molecule has 1 aliphatic carbocycles. The zero-order valence-electron chi connectivity index (χ0n) is 12.6. The van der Waals surface area contributed by atoms with Crippen molar-refractivity contribution in [2.24, 2.45) is 11.3 Å². The molecule has 0 aromatic carbocycles. The zero-order valence-corrected chi connectivity index (χ0v) is 12.6. The van der Waals surface area contributed by atoms with E-state index in [-0.39, 0.29) is 5.91 Å². The van der Waals surface area contributed by atoms with E-state index in [1.54, 1.807) is 7.11 Å². The average molecular weight is 278 g/mol. The summed E-state index contributed by atoms with van der Waals surface area (Å²) in [7, 11) is 1.73. The number of hydrogen-bond donors (Lipinski definition) is 0. The highest BCUT2D eigenvalue weighted by molar-refractivity contribution is 5.85. The fourth-order valence-corrected chi connectivity index (χ4v) is 3.55. The van der Waals surface area contributed by atoms with E-state index in [4.69, 9.17) is 4.74 Å². The third-order valence-electron chi connectivity index (χ3n) is 4.88. The van der Waals surface area contributed by atoms with Crippen molar-refractivity contribution in [1.82, 2.24) is 4.90 Å². The summed E-state index contributed by atoms with van der Waals surface area (Å²) < 4.78 is 5.20. The Balaban J connectivity index is 1.97. The Kier molecular flexibility index (Phi) is 5.42. The molecule has 0 bridgehead atoms. The van der Waals surface area contributed by atoms with Gasteiger partial charge in [-0.05, 0) is 31.6 Å². The lowest BCUT2D eigenvalue weighted by molar-refractivity contribution is -0.141. The number of nitrogens with zero attached hydrogens (tertiary/aromatic N) is 2. The van der Waals surface area contributed by atoms with Gasteiger partial charge in [-0.25, -0.2) is 0 Å². The van der Waals surface area contributed by atoms with Gasteiger partial charge in [-0.1, -0.05) is 25.7 Å². The Hall–Kier alpha value is -1.08.